The van der Waals surface area contributed by atoms with Gasteiger partial charge in [-0.25, -0.2) is 9.59 Å². The molecule has 0 aliphatic carbocycles. The van der Waals surface area contributed by atoms with Crippen LogP contribution in [-0.2, 0) is 9.59 Å². The summed E-state index contributed by atoms with van der Waals surface area (Å²) in [6, 6.07) is 11.2. The molecule has 4 unspecified atom stereocenters. The van der Waals surface area contributed by atoms with Crippen LogP contribution in [0.5, 0.6) is 23.0 Å². The summed E-state index contributed by atoms with van der Waals surface area (Å²) in [7, 11) is 6.60. The second-order valence-corrected chi connectivity index (χ2v) is 8.75. The van der Waals surface area contributed by atoms with Crippen LogP contribution in [0, 0.1) is 11.8 Å². The third-order valence-corrected chi connectivity index (χ3v) is 6.93. The second-order valence-electron chi connectivity index (χ2n) is 8.75. The molecule has 1 aliphatic heterocycles. The Balaban J connectivity index is 0.000000678. The molecule has 1 heterocycles. The number of nitrogens with one attached hydrogen (secondary N) is 1. The quantitative estimate of drug-likeness (QED) is 0.432. The minimum absolute atomic E-state index is 0.0821. The number of carbonyl (C=O) groups is 2. The first-order valence-corrected chi connectivity index (χ1v) is 11.3. The number of hydrogen-bond donors (Lipinski definition) is 4. The summed E-state index contributed by atoms with van der Waals surface area (Å²) in [6.07, 6.45) is 0. The molecule has 0 spiro atoms. The van der Waals surface area contributed by atoms with Crippen LogP contribution in [0.15, 0.2) is 36.4 Å². The van der Waals surface area contributed by atoms with Crippen molar-refractivity contribution in [2.45, 2.75) is 38.5 Å². The van der Waals surface area contributed by atoms with Gasteiger partial charge < -0.3 is 39.6 Å². The van der Waals surface area contributed by atoms with E-state index in [1.54, 1.807) is 28.4 Å². The Morgan fingerprint density at radius 3 is 1.39 bits per heavy atom. The van der Waals surface area contributed by atoms with E-state index in [9.17, 15) is 5.11 Å². The second kappa shape index (κ2) is 12.0. The van der Waals surface area contributed by atoms with Gasteiger partial charge in [-0.15, -0.1) is 0 Å². The molecule has 10 heteroatoms. The molecule has 4 N–H and O–H groups in total. The van der Waals surface area contributed by atoms with Gasteiger partial charge in [0.15, 0.2) is 0 Å². The molecule has 0 bridgehead atoms. The molecule has 4 atom stereocenters. The summed E-state index contributed by atoms with van der Waals surface area (Å²) in [5.74, 6) is -0.821. The highest BCUT2D eigenvalue weighted by Crippen LogP contribution is 2.50. The smallest absolute Gasteiger partial charge is 0.414 e. The SMILES string of the molecule is COc1ccc(OC)c(C2NC(c3cc(OC)ccc3OC)C(C)C(C)(O)C2C)c1.O=C(O)C(=O)O. The molecule has 36 heavy (non-hydrogen) atoms. The predicted octanol–water partition coefficient (Wildman–Crippen LogP) is 3.29. The van der Waals surface area contributed by atoms with Gasteiger partial charge in [0, 0.05) is 35.0 Å². The van der Waals surface area contributed by atoms with Crippen LogP contribution in [0.1, 0.15) is 44.0 Å². The third-order valence-electron chi connectivity index (χ3n) is 6.93. The molecule has 1 saturated heterocycles. The van der Waals surface area contributed by atoms with Crippen LogP contribution in [0.25, 0.3) is 0 Å². The van der Waals surface area contributed by atoms with Crippen LogP contribution in [0.4, 0.5) is 0 Å². The first-order chi connectivity index (χ1) is 16.9. The van der Waals surface area contributed by atoms with E-state index in [-0.39, 0.29) is 23.9 Å². The number of methoxy groups -OCH3 is 4. The Kier molecular flexibility index (Phi) is 9.55. The van der Waals surface area contributed by atoms with Crippen LogP contribution >= 0.6 is 0 Å². The topological polar surface area (TPSA) is 144 Å². The number of benzene rings is 2. The number of aliphatic hydroxyl groups is 1. The first kappa shape index (κ1) is 28.7. The molecule has 1 fully saturated rings. The standard InChI is InChI=1S/C24H33NO5.C2H2O4/c1-14-22(18-12-16(27-4)8-10-20(18)29-6)25-23(15(2)24(14,3)26)19-13-17(28-5)9-11-21(19)30-7;3-1(4)2(5)6/h8-15,22-23,25-26H,1-7H3;(H,3,4)(H,5,6). The molecule has 2 aromatic rings. The molecule has 0 saturated carbocycles. The van der Waals surface area contributed by atoms with E-state index >= 15 is 0 Å². The minimum atomic E-state index is -1.82. The molecule has 0 radical (unpaired) electrons. The number of carboxylic acid groups (broad SMARTS) is 2. The Hall–Kier alpha value is -3.50. The van der Waals surface area contributed by atoms with E-state index in [1.165, 1.54) is 0 Å². The van der Waals surface area contributed by atoms with Crippen LogP contribution in [0.2, 0.25) is 0 Å². The highest BCUT2D eigenvalue weighted by Gasteiger charge is 2.49. The summed E-state index contributed by atoms with van der Waals surface area (Å²) >= 11 is 0. The number of piperidine rings is 1. The van der Waals surface area contributed by atoms with Gasteiger partial charge in [0.05, 0.1) is 34.0 Å². The van der Waals surface area contributed by atoms with E-state index < -0.39 is 17.5 Å². The lowest BCUT2D eigenvalue weighted by Crippen LogP contribution is -2.56. The molecule has 0 amide bonds. The van der Waals surface area contributed by atoms with Crippen molar-refractivity contribution in [3.63, 3.8) is 0 Å². The molecular weight excluding hydrogens is 470 g/mol. The predicted molar refractivity (Wildman–Crippen MR) is 132 cm³/mol. The van der Waals surface area contributed by atoms with Gasteiger partial charge in [-0.05, 0) is 43.3 Å². The molecule has 2 aromatic carbocycles. The number of carboxylic acids is 2. The van der Waals surface area contributed by atoms with Crippen LogP contribution < -0.4 is 24.3 Å². The van der Waals surface area contributed by atoms with Crippen molar-refractivity contribution in [3.05, 3.63) is 47.5 Å². The fourth-order valence-corrected chi connectivity index (χ4v) is 4.45. The normalized spacial score (nSPS) is 25.1. The molecule has 198 valence electrons. The molecule has 3 rings (SSSR count). The first-order valence-electron chi connectivity index (χ1n) is 11.3. The largest absolute Gasteiger partial charge is 0.497 e. The van der Waals surface area contributed by atoms with Crippen LogP contribution in [-0.4, -0.2) is 61.3 Å². The monoisotopic (exact) mass is 505 g/mol. The molecule has 1 aliphatic rings. The summed E-state index contributed by atoms with van der Waals surface area (Å²) in [4.78, 5) is 18.2. The van der Waals surface area contributed by atoms with Gasteiger partial charge in [-0.3, -0.25) is 0 Å². The van der Waals surface area contributed by atoms with Crippen molar-refractivity contribution in [3.8, 4) is 23.0 Å². The van der Waals surface area contributed by atoms with Crippen molar-refractivity contribution in [2.75, 3.05) is 28.4 Å². The van der Waals surface area contributed by atoms with E-state index in [2.05, 4.69) is 19.2 Å². The van der Waals surface area contributed by atoms with Gasteiger partial charge in [0.2, 0.25) is 0 Å². The van der Waals surface area contributed by atoms with Crippen molar-refractivity contribution in [1.82, 2.24) is 5.32 Å². The van der Waals surface area contributed by atoms with E-state index in [0.29, 0.717) is 0 Å². The maximum Gasteiger partial charge on any atom is 0.414 e. The van der Waals surface area contributed by atoms with Crippen molar-refractivity contribution in [1.29, 1.82) is 0 Å². The zero-order valence-corrected chi connectivity index (χ0v) is 21.6. The number of ether oxygens (including phenoxy) is 4. The fourth-order valence-electron chi connectivity index (χ4n) is 4.45. The van der Waals surface area contributed by atoms with Gasteiger partial charge in [-0.2, -0.15) is 0 Å². The summed E-state index contributed by atoms with van der Waals surface area (Å²) in [5, 5.41) is 30.1. The van der Waals surface area contributed by atoms with Gasteiger partial charge in [-0.1, -0.05) is 13.8 Å². The lowest BCUT2D eigenvalue weighted by Gasteiger charge is -2.50. The molecule has 10 nitrogen and oxygen atoms in total. The third kappa shape index (κ3) is 6.00. The zero-order chi connectivity index (χ0) is 27.2. The average molecular weight is 506 g/mol. The fraction of sp³-hybridized carbons (Fsp3) is 0.462. The Morgan fingerprint density at radius 2 is 1.11 bits per heavy atom. The number of rotatable bonds is 6. The van der Waals surface area contributed by atoms with E-state index in [0.717, 1.165) is 34.1 Å². The highest BCUT2D eigenvalue weighted by molar-refractivity contribution is 6.27. The maximum absolute atomic E-state index is 11.6. The highest BCUT2D eigenvalue weighted by atomic mass is 16.5. The maximum atomic E-state index is 11.6. The minimum Gasteiger partial charge on any atom is -0.497 e. The van der Waals surface area contributed by atoms with Gasteiger partial charge >= 0.3 is 11.9 Å². The van der Waals surface area contributed by atoms with Crippen molar-refractivity contribution in [2.24, 2.45) is 11.8 Å². The van der Waals surface area contributed by atoms with Crippen LogP contribution in [0.3, 0.4) is 0 Å². The lowest BCUT2D eigenvalue weighted by atomic mass is 9.67. The zero-order valence-electron chi connectivity index (χ0n) is 21.6. The summed E-state index contributed by atoms with van der Waals surface area (Å²) in [5.41, 5.74) is 0.953. The number of aliphatic carboxylic acids is 2. The van der Waals surface area contributed by atoms with Gasteiger partial charge in [0.25, 0.3) is 0 Å². The Morgan fingerprint density at radius 1 is 0.750 bits per heavy atom. The summed E-state index contributed by atoms with van der Waals surface area (Å²) in [6.45, 7) is 6.03. The average Bonchev–Trinajstić information content (AvgIpc) is 2.87. The summed E-state index contributed by atoms with van der Waals surface area (Å²) < 4.78 is 22.2. The van der Waals surface area contributed by atoms with E-state index in [4.69, 9.17) is 38.7 Å². The Labute approximate surface area is 210 Å². The van der Waals surface area contributed by atoms with Crippen molar-refractivity contribution < 1.29 is 43.9 Å². The Bertz CT molecular complexity index is 988. The molecule has 0 aromatic heterocycles. The van der Waals surface area contributed by atoms with Crippen molar-refractivity contribution >= 4 is 11.9 Å². The lowest BCUT2D eigenvalue weighted by molar-refractivity contribution is -0.159. The number of hydrogen-bond acceptors (Lipinski definition) is 8. The van der Waals surface area contributed by atoms with Gasteiger partial charge in [0.1, 0.15) is 23.0 Å². The van der Waals surface area contributed by atoms with E-state index in [1.807, 2.05) is 43.3 Å². The molecular formula is C26H35NO9.